The van der Waals surface area contributed by atoms with Crippen LogP contribution in [0.1, 0.15) is 62.4 Å². The van der Waals surface area contributed by atoms with Crippen molar-refractivity contribution in [3.63, 3.8) is 0 Å². The molecule has 0 bridgehead atoms. The van der Waals surface area contributed by atoms with Crippen molar-refractivity contribution in [2.75, 3.05) is 0 Å². The lowest BCUT2D eigenvalue weighted by atomic mass is 9.62. The zero-order chi connectivity index (χ0) is 18.3. The molecule has 0 aliphatic carbocycles. The second-order valence-corrected chi connectivity index (χ2v) is 7.76. The summed E-state index contributed by atoms with van der Waals surface area (Å²) >= 11 is 4.09. The van der Waals surface area contributed by atoms with Crippen molar-refractivity contribution in [2.24, 2.45) is 5.41 Å². The molecule has 128 valence electrons. The predicted molar refractivity (Wildman–Crippen MR) is 97.5 cm³/mol. The quantitative estimate of drug-likeness (QED) is 0.496. The van der Waals surface area contributed by atoms with E-state index in [0.29, 0.717) is 5.75 Å². The molecule has 0 saturated heterocycles. The molecule has 0 saturated carbocycles. The van der Waals surface area contributed by atoms with Crippen LogP contribution in [0.4, 0.5) is 0 Å². The smallest absolute Gasteiger partial charge is 0.308 e. The third-order valence-corrected chi connectivity index (χ3v) is 6.16. The SMILES string of the molecule is CC(=O)Oc1c(C)c(C)c(C)c(C)c1C(C)(C)C(C)(C)C(=O)S. The van der Waals surface area contributed by atoms with Crippen LogP contribution in [0.25, 0.3) is 0 Å². The van der Waals surface area contributed by atoms with Gasteiger partial charge in [0.05, 0.1) is 0 Å². The molecule has 0 radical (unpaired) electrons. The minimum absolute atomic E-state index is 0.188. The molecule has 1 aromatic carbocycles. The van der Waals surface area contributed by atoms with Gasteiger partial charge in [0.1, 0.15) is 5.75 Å². The average Bonchev–Trinajstić information content (AvgIpc) is 2.41. The van der Waals surface area contributed by atoms with Gasteiger partial charge in [-0.3, -0.25) is 9.59 Å². The van der Waals surface area contributed by atoms with E-state index in [-0.39, 0.29) is 11.1 Å². The standard InChI is InChI=1S/C19H28O3S/c1-10-11(2)13(4)16(22-14(5)20)15(12(10)3)18(6,7)19(8,9)17(21)23/h1-9H3,(H,21,23). The summed E-state index contributed by atoms with van der Waals surface area (Å²) in [6.45, 7) is 17.2. The number of hydrogen-bond acceptors (Lipinski definition) is 3. The minimum atomic E-state index is -0.718. The summed E-state index contributed by atoms with van der Waals surface area (Å²) < 4.78 is 5.58. The maximum Gasteiger partial charge on any atom is 0.308 e. The number of carbonyl (C=O) groups excluding carboxylic acids is 2. The number of ether oxygens (including phenoxy) is 1. The Morgan fingerprint density at radius 3 is 1.70 bits per heavy atom. The maximum absolute atomic E-state index is 12.1. The van der Waals surface area contributed by atoms with E-state index < -0.39 is 10.8 Å². The lowest BCUT2D eigenvalue weighted by Gasteiger charge is -2.42. The molecule has 0 heterocycles. The van der Waals surface area contributed by atoms with Crippen LogP contribution in [0, 0.1) is 33.1 Å². The number of hydrogen-bond donors (Lipinski definition) is 1. The van der Waals surface area contributed by atoms with E-state index in [1.165, 1.54) is 6.92 Å². The van der Waals surface area contributed by atoms with E-state index in [9.17, 15) is 9.59 Å². The fraction of sp³-hybridized carbons (Fsp3) is 0.579. The minimum Gasteiger partial charge on any atom is -0.426 e. The Labute approximate surface area is 145 Å². The Morgan fingerprint density at radius 1 is 0.870 bits per heavy atom. The van der Waals surface area contributed by atoms with E-state index in [1.807, 2.05) is 48.5 Å². The summed E-state index contributed by atoms with van der Waals surface area (Å²) in [5, 5.41) is -0.188. The molecule has 0 spiro atoms. The third kappa shape index (κ3) is 3.18. The highest BCUT2D eigenvalue weighted by Crippen LogP contribution is 2.49. The molecule has 0 amide bonds. The van der Waals surface area contributed by atoms with Crippen molar-refractivity contribution in [1.29, 1.82) is 0 Å². The molecule has 0 aliphatic heterocycles. The molecule has 23 heavy (non-hydrogen) atoms. The summed E-state index contributed by atoms with van der Waals surface area (Å²) in [5.41, 5.74) is 3.89. The van der Waals surface area contributed by atoms with Crippen LogP contribution in [-0.4, -0.2) is 11.1 Å². The van der Waals surface area contributed by atoms with Crippen molar-refractivity contribution in [1.82, 2.24) is 0 Å². The Hall–Kier alpha value is -1.29. The number of thiol groups is 1. The molecular weight excluding hydrogens is 308 g/mol. The number of carbonyl (C=O) groups is 2. The zero-order valence-corrected chi connectivity index (χ0v) is 16.6. The number of esters is 1. The molecule has 0 atom stereocenters. The van der Waals surface area contributed by atoms with Gasteiger partial charge in [0.25, 0.3) is 0 Å². The maximum atomic E-state index is 12.1. The summed E-state index contributed by atoms with van der Waals surface area (Å²) in [7, 11) is 0. The monoisotopic (exact) mass is 336 g/mol. The summed E-state index contributed by atoms with van der Waals surface area (Å²) in [5.74, 6) is 0.216. The average molecular weight is 336 g/mol. The van der Waals surface area contributed by atoms with Crippen LogP contribution in [0.3, 0.4) is 0 Å². The number of rotatable bonds is 4. The van der Waals surface area contributed by atoms with Crippen molar-refractivity contribution >= 4 is 23.7 Å². The van der Waals surface area contributed by atoms with Crippen molar-refractivity contribution < 1.29 is 14.3 Å². The second-order valence-electron chi connectivity index (χ2n) is 7.35. The van der Waals surface area contributed by atoms with E-state index in [2.05, 4.69) is 19.6 Å². The first-order valence-corrected chi connectivity index (χ1v) is 8.24. The van der Waals surface area contributed by atoms with Crippen LogP contribution in [0.15, 0.2) is 0 Å². The van der Waals surface area contributed by atoms with Crippen LogP contribution in [0.2, 0.25) is 0 Å². The topological polar surface area (TPSA) is 43.4 Å². The first kappa shape index (κ1) is 19.8. The molecule has 0 aliphatic rings. The molecule has 4 heteroatoms. The zero-order valence-electron chi connectivity index (χ0n) is 15.7. The first-order chi connectivity index (χ1) is 10.3. The van der Waals surface area contributed by atoms with E-state index in [4.69, 9.17) is 4.74 Å². The van der Waals surface area contributed by atoms with Gasteiger partial charge in [0, 0.05) is 23.3 Å². The Balaban J connectivity index is 3.89. The van der Waals surface area contributed by atoms with E-state index in [0.717, 1.165) is 27.8 Å². The molecule has 0 unspecified atom stereocenters. The van der Waals surface area contributed by atoms with Gasteiger partial charge >= 0.3 is 5.97 Å². The van der Waals surface area contributed by atoms with Gasteiger partial charge in [-0.05, 0) is 49.9 Å². The van der Waals surface area contributed by atoms with Crippen molar-refractivity contribution in [3.8, 4) is 5.75 Å². The van der Waals surface area contributed by atoms with Crippen LogP contribution >= 0.6 is 12.6 Å². The summed E-state index contributed by atoms with van der Waals surface area (Å²) in [6, 6.07) is 0. The fourth-order valence-corrected chi connectivity index (χ4v) is 3.16. The molecule has 3 nitrogen and oxygen atoms in total. The van der Waals surface area contributed by atoms with Crippen LogP contribution in [0.5, 0.6) is 5.75 Å². The highest BCUT2D eigenvalue weighted by atomic mass is 32.1. The first-order valence-electron chi connectivity index (χ1n) is 7.79. The second kappa shape index (κ2) is 6.31. The van der Waals surface area contributed by atoms with Crippen molar-refractivity contribution in [2.45, 2.75) is 67.7 Å². The third-order valence-electron chi connectivity index (χ3n) is 5.60. The summed E-state index contributed by atoms with van der Waals surface area (Å²) in [6.07, 6.45) is 0. The molecular formula is C19H28O3S. The Bertz CT molecular complexity index is 670. The highest BCUT2D eigenvalue weighted by Gasteiger charge is 2.46. The molecule has 1 rings (SSSR count). The van der Waals surface area contributed by atoms with E-state index >= 15 is 0 Å². The van der Waals surface area contributed by atoms with Gasteiger partial charge in [0.15, 0.2) is 5.12 Å². The highest BCUT2D eigenvalue weighted by molar-refractivity contribution is 7.96. The largest absolute Gasteiger partial charge is 0.426 e. The van der Waals surface area contributed by atoms with Crippen LogP contribution < -0.4 is 4.74 Å². The van der Waals surface area contributed by atoms with Gasteiger partial charge < -0.3 is 4.74 Å². The van der Waals surface area contributed by atoms with Gasteiger partial charge in [-0.1, -0.05) is 27.7 Å². The predicted octanol–water partition coefficient (Wildman–Crippen LogP) is 4.61. The summed E-state index contributed by atoms with van der Waals surface area (Å²) in [4.78, 5) is 23.8. The van der Waals surface area contributed by atoms with Gasteiger partial charge in [-0.15, -0.1) is 12.6 Å². The van der Waals surface area contributed by atoms with Gasteiger partial charge in [-0.25, -0.2) is 0 Å². The Kier molecular flexibility index (Phi) is 5.42. The lowest BCUT2D eigenvalue weighted by molar-refractivity contribution is -0.132. The molecule has 0 fully saturated rings. The van der Waals surface area contributed by atoms with E-state index in [1.54, 1.807) is 0 Å². The number of benzene rings is 1. The fourth-order valence-electron chi connectivity index (χ4n) is 2.88. The van der Waals surface area contributed by atoms with Gasteiger partial charge in [0.2, 0.25) is 0 Å². The van der Waals surface area contributed by atoms with Crippen molar-refractivity contribution in [3.05, 3.63) is 27.8 Å². The molecule has 1 aromatic rings. The Morgan fingerprint density at radius 2 is 1.30 bits per heavy atom. The molecule has 0 N–H and O–H groups in total. The lowest BCUT2D eigenvalue weighted by Crippen LogP contribution is -2.42. The molecule has 0 aromatic heterocycles. The van der Waals surface area contributed by atoms with Gasteiger partial charge in [-0.2, -0.15) is 0 Å². The normalized spacial score (nSPS) is 12.3. The van der Waals surface area contributed by atoms with Crippen LogP contribution in [-0.2, 0) is 15.0 Å².